The maximum Gasteiger partial charge on any atom is 0.256 e. The summed E-state index contributed by atoms with van der Waals surface area (Å²) in [6.07, 6.45) is 4.81. The monoisotopic (exact) mass is 255 g/mol. The van der Waals surface area contributed by atoms with Crippen molar-refractivity contribution in [3.05, 3.63) is 12.0 Å². The summed E-state index contributed by atoms with van der Waals surface area (Å²) in [6, 6.07) is 0. The number of primary amides is 1. The number of oxazole rings is 1. The van der Waals surface area contributed by atoms with Gasteiger partial charge in [0.2, 0.25) is 5.91 Å². The Morgan fingerprint density at radius 1 is 1.71 bits per heavy atom. The SMILES string of the molecule is Cc1coc(SC2CCCC(N)(C(N)=O)C2)n1. The molecule has 2 atom stereocenters. The molecule has 1 aromatic rings. The second kappa shape index (κ2) is 4.70. The van der Waals surface area contributed by atoms with E-state index >= 15 is 0 Å². The van der Waals surface area contributed by atoms with E-state index in [0.29, 0.717) is 18.1 Å². The lowest BCUT2D eigenvalue weighted by Crippen LogP contribution is -2.55. The molecule has 6 heteroatoms. The summed E-state index contributed by atoms with van der Waals surface area (Å²) < 4.78 is 5.29. The van der Waals surface area contributed by atoms with Crippen molar-refractivity contribution in [1.29, 1.82) is 0 Å². The Morgan fingerprint density at radius 2 is 2.47 bits per heavy atom. The zero-order valence-electron chi connectivity index (χ0n) is 9.81. The third-order valence-corrected chi connectivity index (χ3v) is 4.22. The highest BCUT2D eigenvalue weighted by molar-refractivity contribution is 7.99. The predicted octanol–water partition coefficient (Wildman–Crippen LogP) is 1.20. The maximum atomic E-state index is 11.3. The summed E-state index contributed by atoms with van der Waals surface area (Å²) in [4.78, 5) is 15.6. The van der Waals surface area contributed by atoms with Gasteiger partial charge in [-0.15, -0.1) is 0 Å². The Morgan fingerprint density at radius 3 is 3.06 bits per heavy atom. The Labute approximate surface area is 104 Å². The number of amides is 1. The quantitative estimate of drug-likeness (QED) is 0.846. The van der Waals surface area contributed by atoms with Crippen molar-refractivity contribution in [3.8, 4) is 0 Å². The van der Waals surface area contributed by atoms with Crippen LogP contribution in [0, 0.1) is 6.92 Å². The van der Waals surface area contributed by atoms with Gasteiger partial charge in [-0.1, -0.05) is 11.8 Å². The standard InChI is InChI=1S/C11H17N3O2S/c1-7-6-16-10(14-7)17-8-3-2-4-11(13,5-8)9(12)15/h6,8H,2-5,13H2,1H3,(H2,12,15). The van der Waals surface area contributed by atoms with Crippen molar-refractivity contribution in [2.75, 3.05) is 0 Å². The van der Waals surface area contributed by atoms with Crippen LogP contribution in [-0.2, 0) is 4.79 Å². The van der Waals surface area contributed by atoms with Crippen molar-refractivity contribution in [1.82, 2.24) is 4.98 Å². The van der Waals surface area contributed by atoms with Crippen LogP contribution in [0.5, 0.6) is 0 Å². The summed E-state index contributed by atoms with van der Waals surface area (Å²) in [5, 5.41) is 0.889. The molecule has 0 bridgehead atoms. The van der Waals surface area contributed by atoms with Crippen LogP contribution in [0.15, 0.2) is 15.9 Å². The normalized spacial score (nSPS) is 29.2. The number of rotatable bonds is 3. The Bertz CT molecular complexity index is 421. The van der Waals surface area contributed by atoms with Crippen LogP contribution >= 0.6 is 11.8 Å². The van der Waals surface area contributed by atoms with Crippen molar-refractivity contribution >= 4 is 17.7 Å². The summed E-state index contributed by atoms with van der Waals surface area (Å²) >= 11 is 1.54. The highest BCUT2D eigenvalue weighted by Gasteiger charge is 2.38. The molecule has 17 heavy (non-hydrogen) atoms. The molecular formula is C11H17N3O2S. The number of aryl methyl sites for hydroxylation is 1. The summed E-state index contributed by atoms with van der Waals surface area (Å²) in [7, 11) is 0. The smallest absolute Gasteiger partial charge is 0.256 e. The second-order valence-corrected chi connectivity index (χ2v) is 5.86. The van der Waals surface area contributed by atoms with Gasteiger partial charge in [0.15, 0.2) is 0 Å². The van der Waals surface area contributed by atoms with Gasteiger partial charge in [0.05, 0.1) is 11.2 Å². The van der Waals surface area contributed by atoms with Gasteiger partial charge < -0.3 is 15.9 Å². The first-order valence-electron chi connectivity index (χ1n) is 5.67. The number of carbonyl (C=O) groups is 1. The highest BCUT2D eigenvalue weighted by Crippen LogP contribution is 2.36. The molecule has 0 aromatic carbocycles. The van der Waals surface area contributed by atoms with E-state index in [1.807, 2.05) is 6.92 Å². The number of aromatic nitrogens is 1. The molecule has 4 N–H and O–H groups in total. The minimum absolute atomic E-state index is 0.249. The van der Waals surface area contributed by atoms with Crippen LogP contribution in [0.25, 0.3) is 0 Å². The average molecular weight is 255 g/mol. The number of hydrogen-bond donors (Lipinski definition) is 2. The minimum atomic E-state index is -0.864. The molecule has 0 saturated heterocycles. The fourth-order valence-electron chi connectivity index (χ4n) is 2.11. The van der Waals surface area contributed by atoms with Crippen molar-refractivity contribution < 1.29 is 9.21 Å². The number of thioether (sulfide) groups is 1. The van der Waals surface area contributed by atoms with E-state index in [9.17, 15) is 4.79 Å². The molecule has 1 aliphatic carbocycles. The van der Waals surface area contributed by atoms with Gasteiger partial charge in [0.1, 0.15) is 6.26 Å². The maximum absolute atomic E-state index is 11.3. The molecule has 0 aliphatic heterocycles. The molecule has 94 valence electrons. The average Bonchev–Trinajstić information content (AvgIpc) is 2.64. The van der Waals surface area contributed by atoms with Crippen molar-refractivity contribution in [2.45, 2.75) is 48.6 Å². The first-order valence-corrected chi connectivity index (χ1v) is 6.55. The van der Waals surface area contributed by atoms with Gasteiger partial charge in [-0.25, -0.2) is 4.98 Å². The predicted molar refractivity (Wildman–Crippen MR) is 65.5 cm³/mol. The third kappa shape index (κ3) is 2.81. The zero-order valence-corrected chi connectivity index (χ0v) is 10.6. The van der Waals surface area contributed by atoms with Gasteiger partial charge in [-0.2, -0.15) is 0 Å². The molecule has 1 aliphatic rings. The van der Waals surface area contributed by atoms with Crippen LogP contribution in [-0.4, -0.2) is 21.7 Å². The number of nitrogens with two attached hydrogens (primary N) is 2. The van der Waals surface area contributed by atoms with E-state index in [1.54, 1.807) is 6.26 Å². The second-order valence-electron chi connectivity index (χ2n) is 4.61. The lowest BCUT2D eigenvalue weighted by Gasteiger charge is -2.34. The fourth-order valence-corrected chi connectivity index (χ4v) is 3.36. The highest BCUT2D eigenvalue weighted by atomic mass is 32.2. The third-order valence-electron chi connectivity index (χ3n) is 3.10. The van der Waals surface area contributed by atoms with Gasteiger partial charge >= 0.3 is 0 Å². The van der Waals surface area contributed by atoms with Crippen molar-refractivity contribution in [2.24, 2.45) is 11.5 Å². The summed E-state index contributed by atoms with van der Waals surface area (Å²) in [5.74, 6) is -0.411. The van der Waals surface area contributed by atoms with Crippen LogP contribution in [0.4, 0.5) is 0 Å². The van der Waals surface area contributed by atoms with E-state index in [0.717, 1.165) is 18.5 Å². The molecular weight excluding hydrogens is 238 g/mol. The first-order chi connectivity index (χ1) is 7.99. The van der Waals surface area contributed by atoms with E-state index in [4.69, 9.17) is 15.9 Å². The lowest BCUT2D eigenvalue weighted by atomic mass is 9.82. The van der Waals surface area contributed by atoms with E-state index in [2.05, 4.69) is 4.98 Å². The molecule has 1 aromatic heterocycles. The van der Waals surface area contributed by atoms with Crippen LogP contribution < -0.4 is 11.5 Å². The molecule has 1 heterocycles. The Hall–Kier alpha value is -1.01. The van der Waals surface area contributed by atoms with Crippen LogP contribution in [0.3, 0.4) is 0 Å². The van der Waals surface area contributed by atoms with E-state index < -0.39 is 11.4 Å². The number of carbonyl (C=O) groups excluding carboxylic acids is 1. The van der Waals surface area contributed by atoms with Crippen LogP contribution in [0.1, 0.15) is 31.4 Å². The molecule has 0 spiro atoms. The van der Waals surface area contributed by atoms with Crippen molar-refractivity contribution in [3.63, 3.8) is 0 Å². The molecule has 2 unspecified atom stereocenters. The molecule has 0 radical (unpaired) electrons. The van der Waals surface area contributed by atoms with Gasteiger partial charge in [-0.05, 0) is 32.6 Å². The Balaban J connectivity index is 2.00. The molecule has 5 nitrogen and oxygen atoms in total. The molecule has 2 rings (SSSR count). The van der Waals surface area contributed by atoms with Gasteiger partial charge in [-0.3, -0.25) is 4.79 Å². The molecule has 1 saturated carbocycles. The fraction of sp³-hybridized carbons (Fsp3) is 0.636. The van der Waals surface area contributed by atoms with Crippen LogP contribution in [0.2, 0.25) is 0 Å². The topological polar surface area (TPSA) is 95.1 Å². The molecule has 1 amide bonds. The number of hydrogen-bond acceptors (Lipinski definition) is 5. The first kappa shape index (κ1) is 12.4. The lowest BCUT2D eigenvalue weighted by molar-refractivity contribution is -0.124. The summed E-state index contributed by atoms with van der Waals surface area (Å²) in [6.45, 7) is 1.88. The molecule has 1 fully saturated rings. The van der Waals surface area contributed by atoms with Gasteiger partial charge in [0.25, 0.3) is 5.22 Å². The van der Waals surface area contributed by atoms with Gasteiger partial charge in [0, 0.05) is 5.25 Å². The Kier molecular flexibility index (Phi) is 3.44. The minimum Gasteiger partial charge on any atom is -0.440 e. The number of nitrogens with zero attached hydrogens (tertiary/aromatic N) is 1. The summed E-state index contributed by atoms with van der Waals surface area (Å²) in [5.41, 5.74) is 11.4. The van der Waals surface area contributed by atoms with E-state index in [1.165, 1.54) is 11.8 Å². The zero-order chi connectivity index (χ0) is 12.5. The van der Waals surface area contributed by atoms with E-state index in [-0.39, 0.29) is 5.25 Å². The largest absolute Gasteiger partial charge is 0.440 e.